The average molecular weight is 416 g/mol. The number of hydrogen-bond donors (Lipinski definition) is 1. The van der Waals surface area contributed by atoms with Crippen LogP contribution < -0.4 is 4.72 Å². The monoisotopic (exact) mass is 416 g/mol. The first kappa shape index (κ1) is 20.7. The van der Waals surface area contributed by atoms with E-state index < -0.39 is 27.8 Å². The molecule has 0 radical (unpaired) electrons. The number of aryl methyl sites for hydroxylation is 3. The van der Waals surface area contributed by atoms with E-state index >= 15 is 0 Å². The summed E-state index contributed by atoms with van der Waals surface area (Å²) in [5, 5.41) is 0.399. The van der Waals surface area contributed by atoms with Gasteiger partial charge in [0.2, 0.25) is 10.0 Å². The number of hydrogen-bond acceptors (Lipinski definition) is 6. The van der Waals surface area contributed by atoms with Gasteiger partial charge in [-0.3, -0.25) is 9.59 Å². The third kappa shape index (κ3) is 4.06. The van der Waals surface area contributed by atoms with Crippen LogP contribution in [-0.4, -0.2) is 37.8 Å². The predicted octanol–water partition coefficient (Wildman–Crippen LogP) is 2.03. The van der Waals surface area contributed by atoms with Gasteiger partial charge in [0, 0.05) is 6.54 Å². The molecule has 2 aromatic rings. The van der Waals surface area contributed by atoms with Crippen molar-refractivity contribution < 1.29 is 27.6 Å². The molecule has 1 heterocycles. The Morgan fingerprint density at radius 1 is 1.00 bits per heavy atom. The number of sulfonamides is 1. The van der Waals surface area contributed by atoms with Crippen molar-refractivity contribution >= 4 is 27.8 Å². The normalized spacial score (nSPS) is 13.6. The van der Waals surface area contributed by atoms with Crippen molar-refractivity contribution in [3.05, 3.63) is 64.2 Å². The largest absolute Gasteiger partial charge is 0.334 e. The van der Waals surface area contributed by atoms with Gasteiger partial charge in [0.05, 0.1) is 22.4 Å². The molecule has 0 bridgehead atoms. The number of rotatable bonds is 6. The topological polar surface area (TPSA) is 110 Å². The van der Waals surface area contributed by atoms with Crippen molar-refractivity contribution in [1.29, 1.82) is 0 Å². The lowest BCUT2D eigenvalue weighted by Gasteiger charge is -2.14. The number of nitrogens with zero attached hydrogens (tertiary/aromatic N) is 1. The second-order valence-electron chi connectivity index (χ2n) is 6.79. The Labute approximate surface area is 168 Å². The quantitative estimate of drug-likeness (QED) is 0.722. The summed E-state index contributed by atoms with van der Waals surface area (Å²) < 4.78 is 27.5. The maximum atomic E-state index is 12.6. The van der Waals surface area contributed by atoms with Crippen molar-refractivity contribution in [2.75, 3.05) is 6.54 Å². The summed E-state index contributed by atoms with van der Waals surface area (Å²) >= 11 is 0. The summed E-state index contributed by atoms with van der Waals surface area (Å²) in [5.41, 5.74) is 2.45. The molecule has 0 aromatic heterocycles. The number of hydroxylamine groups is 2. The van der Waals surface area contributed by atoms with E-state index in [1.165, 1.54) is 12.1 Å². The first-order chi connectivity index (χ1) is 13.6. The van der Waals surface area contributed by atoms with Gasteiger partial charge in [0.25, 0.3) is 11.8 Å². The minimum absolute atomic E-state index is 0.149. The van der Waals surface area contributed by atoms with Crippen LogP contribution >= 0.6 is 0 Å². The molecule has 9 heteroatoms. The fourth-order valence-electron chi connectivity index (χ4n) is 3.35. The molecule has 29 heavy (non-hydrogen) atoms. The zero-order valence-electron chi connectivity index (χ0n) is 16.2. The van der Waals surface area contributed by atoms with Gasteiger partial charge >= 0.3 is 5.97 Å². The van der Waals surface area contributed by atoms with Gasteiger partial charge in [0.15, 0.2) is 0 Å². The second-order valence-corrected chi connectivity index (χ2v) is 8.49. The average Bonchev–Trinajstić information content (AvgIpc) is 2.86. The highest BCUT2D eigenvalue weighted by atomic mass is 32.2. The number of nitrogens with one attached hydrogen (secondary N) is 1. The molecule has 1 N–H and O–H groups in total. The molecule has 152 valence electrons. The summed E-state index contributed by atoms with van der Waals surface area (Å²) in [6.07, 6.45) is -0.351. The van der Waals surface area contributed by atoms with Crippen LogP contribution in [0.2, 0.25) is 0 Å². The van der Waals surface area contributed by atoms with Crippen molar-refractivity contribution in [3.8, 4) is 0 Å². The lowest BCUT2D eigenvalue weighted by Crippen LogP contribution is -2.34. The van der Waals surface area contributed by atoms with Crippen molar-refractivity contribution in [2.24, 2.45) is 0 Å². The predicted molar refractivity (Wildman–Crippen MR) is 103 cm³/mol. The highest BCUT2D eigenvalue weighted by Gasteiger charge is 2.38. The second kappa shape index (κ2) is 7.76. The maximum absolute atomic E-state index is 12.6. The van der Waals surface area contributed by atoms with Gasteiger partial charge in [0.1, 0.15) is 0 Å². The molecule has 0 aliphatic carbocycles. The molecule has 1 aliphatic heterocycles. The number of fused-ring (bicyclic) bond motifs is 1. The van der Waals surface area contributed by atoms with Gasteiger partial charge in [-0.05, 0) is 44.0 Å². The number of imide groups is 1. The summed E-state index contributed by atoms with van der Waals surface area (Å²) in [4.78, 5) is 41.4. The van der Waals surface area contributed by atoms with Crippen LogP contribution in [0.4, 0.5) is 0 Å². The zero-order chi connectivity index (χ0) is 21.3. The van der Waals surface area contributed by atoms with E-state index in [9.17, 15) is 22.8 Å². The molecule has 1 aliphatic rings. The summed E-state index contributed by atoms with van der Waals surface area (Å²) in [7, 11) is -3.83. The van der Waals surface area contributed by atoms with Gasteiger partial charge in [-0.1, -0.05) is 34.9 Å². The molecule has 0 unspecified atom stereocenters. The van der Waals surface area contributed by atoms with Crippen LogP contribution in [0, 0.1) is 20.8 Å². The van der Waals surface area contributed by atoms with E-state index in [0.717, 1.165) is 5.56 Å². The van der Waals surface area contributed by atoms with Crippen LogP contribution in [0.1, 0.15) is 43.8 Å². The van der Waals surface area contributed by atoms with Crippen molar-refractivity contribution in [3.63, 3.8) is 0 Å². The Bertz CT molecular complexity index is 1070. The number of carbonyl (C=O) groups excluding carboxylic acids is 3. The van der Waals surface area contributed by atoms with Crippen LogP contribution in [0.15, 0.2) is 41.3 Å². The number of carbonyl (C=O) groups is 3. The van der Waals surface area contributed by atoms with E-state index in [1.54, 1.807) is 38.1 Å². The van der Waals surface area contributed by atoms with Gasteiger partial charge < -0.3 is 4.84 Å². The Morgan fingerprint density at radius 2 is 1.52 bits per heavy atom. The molecule has 2 aromatic carbocycles. The van der Waals surface area contributed by atoms with Crippen molar-refractivity contribution in [2.45, 2.75) is 32.1 Å². The molecular weight excluding hydrogens is 396 g/mol. The lowest BCUT2D eigenvalue weighted by molar-refractivity contribution is -0.168. The third-order valence-electron chi connectivity index (χ3n) is 4.44. The first-order valence-electron chi connectivity index (χ1n) is 8.88. The van der Waals surface area contributed by atoms with Gasteiger partial charge in [-0.2, -0.15) is 0 Å². The molecule has 3 rings (SSSR count). The Hall–Kier alpha value is -3.04. The van der Waals surface area contributed by atoms with Gasteiger partial charge in [-0.15, -0.1) is 0 Å². The van der Waals surface area contributed by atoms with Gasteiger partial charge in [-0.25, -0.2) is 17.9 Å². The molecular formula is C20H20N2O6S. The summed E-state index contributed by atoms with van der Waals surface area (Å²) in [5.74, 6) is -2.37. The van der Waals surface area contributed by atoms with Crippen LogP contribution in [0.25, 0.3) is 0 Å². The van der Waals surface area contributed by atoms with E-state index in [2.05, 4.69) is 4.72 Å². The molecule has 0 fully saturated rings. The lowest BCUT2D eigenvalue weighted by atomic mass is 10.1. The minimum atomic E-state index is -3.83. The van der Waals surface area contributed by atoms with E-state index in [0.29, 0.717) is 16.2 Å². The SMILES string of the molecule is Cc1cc(C)c(S(=O)(=O)NCCC(=O)ON2C(=O)c3ccccc3C2=O)c(C)c1. The number of amides is 2. The Balaban J connectivity index is 1.61. The first-order valence-corrected chi connectivity index (χ1v) is 10.4. The molecule has 2 amide bonds. The third-order valence-corrected chi connectivity index (χ3v) is 6.21. The highest BCUT2D eigenvalue weighted by molar-refractivity contribution is 7.89. The molecule has 0 saturated carbocycles. The number of benzene rings is 2. The van der Waals surface area contributed by atoms with Crippen LogP contribution in [-0.2, 0) is 19.7 Å². The molecule has 0 atom stereocenters. The minimum Gasteiger partial charge on any atom is -0.330 e. The molecule has 0 spiro atoms. The summed E-state index contributed by atoms with van der Waals surface area (Å²) in [6, 6.07) is 9.64. The summed E-state index contributed by atoms with van der Waals surface area (Å²) in [6.45, 7) is 5.03. The van der Waals surface area contributed by atoms with E-state index in [1.807, 2.05) is 6.92 Å². The Morgan fingerprint density at radius 3 is 2.03 bits per heavy atom. The highest BCUT2D eigenvalue weighted by Crippen LogP contribution is 2.23. The van der Waals surface area contributed by atoms with E-state index in [4.69, 9.17) is 4.84 Å². The molecule has 8 nitrogen and oxygen atoms in total. The maximum Gasteiger partial charge on any atom is 0.334 e. The zero-order valence-corrected chi connectivity index (χ0v) is 17.0. The Kier molecular flexibility index (Phi) is 5.54. The van der Waals surface area contributed by atoms with Crippen LogP contribution in [0.3, 0.4) is 0 Å². The fraction of sp³-hybridized carbons (Fsp3) is 0.250. The van der Waals surface area contributed by atoms with Crippen LogP contribution in [0.5, 0.6) is 0 Å². The fourth-order valence-corrected chi connectivity index (χ4v) is 4.83. The van der Waals surface area contributed by atoms with Crippen molar-refractivity contribution in [1.82, 2.24) is 9.79 Å². The molecule has 0 saturated heterocycles. The van der Waals surface area contributed by atoms with E-state index in [-0.39, 0.29) is 29.0 Å². The smallest absolute Gasteiger partial charge is 0.330 e. The standard InChI is InChI=1S/C20H20N2O6S/c1-12-10-13(2)18(14(3)11-12)29(26,27)21-9-8-17(23)28-22-19(24)15-6-4-5-7-16(15)20(22)25/h4-7,10-11,21H,8-9H2,1-3H3.